The van der Waals surface area contributed by atoms with Crippen LogP contribution in [0.15, 0.2) is 24.3 Å². The van der Waals surface area contributed by atoms with Gasteiger partial charge in [-0.1, -0.05) is 12.1 Å². The van der Waals surface area contributed by atoms with Gasteiger partial charge in [0, 0.05) is 24.3 Å². The van der Waals surface area contributed by atoms with Crippen LogP contribution in [0.5, 0.6) is 0 Å². The molecule has 4 heteroatoms. The molecule has 104 valence electrons. The smallest absolute Gasteiger partial charge is 0.244 e. The summed E-state index contributed by atoms with van der Waals surface area (Å²) >= 11 is 0. The number of amides is 1. The average Bonchev–Trinajstić information content (AvgIpc) is 2.45. The predicted molar refractivity (Wildman–Crippen MR) is 78.2 cm³/mol. The van der Waals surface area contributed by atoms with E-state index in [4.69, 9.17) is 5.73 Å². The Morgan fingerprint density at radius 1 is 1.47 bits per heavy atom. The zero-order chi connectivity index (χ0) is 14.0. The Kier molecular flexibility index (Phi) is 3.80. The third-order valence-corrected chi connectivity index (χ3v) is 3.81. The minimum absolute atomic E-state index is 0.0228. The van der Waals surface area contributed by atoms with Gasteiger partial charge in [0.05, 0.1) is 0 Å². The van der Waals surface area contributed by atoms with Crippen molar-refractivity contribution in [3.05, 3.63) is 29.8 Å². The molecule has 0 spiro atoms. The highest BCUT2D eigenvalue weighted by molar-refractivity contribution is 5.86. The number of nitrogens with one attached hydrogen (secondary N) is 1. The molecule has 0 aliphatic carbocycles. The molecule has 1 fully saturated rings. The van der Waals surface area contributed by atoms with Crippen LogP contribution in [0.3, 0.4) is 0 Å². The standard InChI is InChI=1S/C15H23N3O/c1-11-5-4-6-12(9-11)18-13(10-16)14(19)17-8-7-15(18,2)3/h4-6,9,13H,7-8,10,16H2,1-3H3,(H,17,19). The summed E-state index contributed by atoms with van der Waals surface area (Å²) in [5, 5.41) is 2.95. The number of anilines is 1. The number of hydrogen-bond acceptors (Lipinski definition) is 3. The van der Waals surface area contributed by atoms with Crippen molar-refractivity contribution >= 4 is 11.6 Å². The summed E-state index contributed by atoms with van der Waals surface area (Å²) in [6.45, 7) is 7.41. The van der Waals surface area contributed by atoms with Crippen molar-refractivity contribution < 1.29 is 4.79 Å². The first-order valence-corrected chi connectivity index (χ1v) is 6.79. The molecule has 19 heavy (non-hydrogen) atoms. The highest BCUT2D eigenvalue weighted by Crippen LogP contribution is 2.30. The van der Waals surface area contributed by atoms with Gasteiger partial charge in [-0.25, -0.2) is 0 Å². The van der Waals surface area contributed by atoms with Gasteiger partial charge in [0.25, 0.3) is 0 Å². The zero-order valence-electron chi connectivity index (χ0n) is 11.9. The van der Waals surface area contributed by atoms with Crippen LogP contribution in [0, 0.1) is 6.92 Å². The molecule has 1 aromatic carbocycles. The predicted octanol–water partition coefficient (Wildman–Crippen LogP) is 1.43. The van der Waals surface area contributed by atoms with Crippen molar-refractivity contribution in [2.45, 2.75) is 38.8 Å². The summed E-state index contributed by atoms with van der Waals surface area (Å²) in [5.74, 6) is 0.0228. The molecule has 1 aliphatic heterocycles. The van der Waals surface area contributed by atoms with Crippen molar-refractivity contribution in [2.24, 2.45) is 5.73 Å². The Bertz CT molecular complexity index is 470. The summed E-state index contributed by atoms with van der Waals surface area (Å²) in [6.07, 6.45) is 0.906. The lowest BCUT2D eigenvalue weighted by molar-refractivity contribution is -0.121. The number of benzene rings is 1. The van der Waals surface area contributed by atoms with E-state index in [0.29, 0.717) is 13.1 Å². The molecule has 1 saturated heterocycles. The molecule has 0 radical (unpaired) electrons. The molecule has 4 nitrogen and oxygen atoms in total. The van der Waals surface area contributed by atoms with Gasteiger partial charge in [-0.05, 0) is 44.9 Å². The van der Waals surface area contributed by atoms with E-state index in [1.165, 1.54) is 5.56 Å². The van der Waals surface area contributed by atoms with Crippen LogP contribution in [0.2, 0.25) is 0 Å². The van der Waals surface area contributed by atoms with E-state index in [1.807, 2.05) is 6.07 Å². The summed E-state index contributed by atoms with van der Waals surface area (Å²) < 4.78 is 0. The third-order valence-electron chi connectivity index (χ3n) is 3.81. The third kappa shape index (κ3) is 2.73. The fourth-order valence-corrected chi connectivity index (χ4v) is 2.79. The molecule has 0 saturated carbocycles. The molecule has 0 aromatic heterocycles. The van der Waals surface area contributed by atoms with Crippen molar-refractivity contribution in [2.75, 3.05) is 18.0 Å². The van der Waals surface area contributed by atoms with Crippen LogP contribution in [0.4, 0.5) is 5.69 Å². The van der Waals surface area contributed by atoms with E-state index in [0.717, 1.165) is 12.1 Å². The average molecular weight is 261 g/mol. The van der Waals surface area contributed by atoms with Gasteiger partial charge in [0.15, 0.2) is 0 Å². The number of nitrogens with zero attached hydrogens (tertiary/aromatic N) is 1. The van der Waals surface area contributed by atoms with Gasteiger partial charge in [-0.2, -0.15) is 0 Å². The molecule has 1 aromatic rings. The van der Waals surface area contributed by atoms with Gasteiger partial charge >= 0.3 is 0 Å². The lowest BCUT2D eigenvalue weighted by Crippen LogP contribution is -2.56. The monoisotopic (exact) mass is 261 g/mol. The van der Waals surface area contributed by atoms with E-state index in [-0.39, 0.29) is 17.5 Å². The number of carbonyl (C=O) groups is 1. The van der Waals surface area contributed by atoms with Crippen molar-refractivity contribution in [1.82, 2.24) is 5.32 Å². The molecule has 2 rings (SSSR count). The second kappa shape index (κ2) is 5.21. The van der Waals surface area contributed by atoms with Gasteiger partial charge in [-0.3, -0.25) is 4.79 Å². The molecule has 3 N–H and O–H groups in total. The Morgan fingerprint density at radius 3 is 2.84 bits per heavy atom. The molecular formula is C15H23N3O. The molecule has 1 aliphatic rings. The lowest BCUT2D eigenvalue weighted by Gasteiger charge is -2.42. The van der Waals surface area contributed by atoms with Crippen LogP contribution in [0.1, 0.15) is 25.8 Å². The molecular weight excluding hydrogens is 238 g/mol. The molecule has 1 atom stereocenters. The maximum atomic E-state index is 12.2. The highest BCUT2D eigenvalue weighted by Gasteiger charge is 2.38. The minimum Gasteiger partial charge on any atom is -0.354 e. The zero-order valence-corrected chi connectivity index (χ0v) is 11.9. The Morgan fingerprint density at radius 2 is 2.21 bits per heavy atom. The SMILES string of the molecule is Cc1cccc(N2C(CN)C(=O)NCCC2(C)C)c1. The molecule has 1 heterocycles. The Labute approximate surface area is 115 Å². The second-order valence-corrected chi connectivity index (χ2v) is 5.81. The van der Waals surface area contributed by atoms with Gasteiger partial charge < -0.3 is 16.0 Å². The molecule has 0 bridgehead atoms. The first kappa shape index (κ1) is 13.9. The van der Waals surface area contributed by atoms with E-state index in [1.54, 1.807) is 0 Å². The topological polar surface area (TPSA) is 58.4 Å². The Balaban J connectivity index is 2.48. The summed E-state index contributed by atoms with van der Waals surface area (Å²) in [7, 11) is 0. The van der Waals surface area contributed by atoms with E-state index in [9.17, 15) is 4.79 Å². The minimum atomic E-state index is -0.306. The number of hydrogen-bond donors (Lipinski definition) is 2. The maximum Gasteiger partial charge on any atom is 0.244 e. The maximum absolute atomic E-state index is 12.2. The highest BCUT2D eigenvalue weighted by atomic mass is 16.2. The number of carbonyl (C=O) groups excluding carboxylic acids is 1. The number of rotatable bonds is 2. The fourth-order valence-electron chi connectivity index (χ4n) is 2.79. The van der Waals surface area contributed by atoms with Crippen LogP contribution in [0.25, 0.3) is 0 Å². The molecule has 1 amide bonds. The van der Waals surface area contributed by atoms with Crippen LogP contribution < -0.4 is 16.0 Å². The fraction of sp³-hybridized carbons (Fsp3) is 0.533. The van der Waals surface area contributed by atoms with Gasteiger partial charge in [0.1, 0.15) is 6.04 Å². The van der Waals surface area contributed by atoms with Crippen molar-refractivity contribution in [3.63, 3.8) is 0 Å². The van der Waals surface area contributed by atoms with Gasteiger partial charge in [-0.15, -0.1) is 0 Å². The van der Waals surface area contributed by atoms with Crippen molar-refractivity contribution in [1.29, 1.82) is 0 Å². The van der Waals surface area contributed by atoms with Gasteiger partial charge in [0.2, 0.25) is 5.91 Å². The summed E-state index contributed by atoms with van der Waals surface area (Å²) in [4.78, 5) is 14.3. The summed E-state index contributed by atoms with van der Waals surface area (Å²) in [6, 6.07) is 7.95. The largest absolute Gasteiger partial charge is 0.354 e. The van der Waals surface area contributed by atoms with Crippen LogP contribution >= 0.6 is 0 Å². The number of nitrogens with two attached hydrogens (primary N) is 1. The molecule has 1 unspecified atom stereocenters. The second-order valence-electron chi connectivity index (χ2n) is 5.81. The van der Waals surface area contributed by atoms with E-state index >= 15 is 0 Å². The van der Waals surface area contributed by atoms with E-state index in [2.05, 4.69) is 49.2 Å². The van der Waals surface area contributed by atoms with Crippen LogP contribution in [-0.2, 0) is 4.79 Å². The summed E-state index contributed by atoms with van der Waals surface area (Å²) in [5.41, 5.74) is 8.00. The van der Waals surface area contributed by atoms with Crippen LogP contribution in [-0.4, -0.2) is 30.6 Å². The Hall–Kier alpha value is -1.55. The number of aryl methyl sites for hydroxylation is 1. The van der Waals surface area contributed by atoms with Crippen molar-refractivity contribution in [3.8, 4) is 0 Å². The van der Waals surface area contributed by atoms with E-state index < -0.39 is 0 Å². The first-order chi connectivity index (χ1) is 8.95. The lowest BCUT2D eigenvalue weighted by atomic mass is 9.95. The normalized spacial score (nSPS) is 22.8. The first-order valence-electron chi connectivity index (χ1n) is 6.79. The quantitative estimate of drug-likeness (QED) is 0.846.